The summed E-state index contributed by atoms with van der Waals surface area (Å²) in [6.07, 6.45) is 0.727. The molecular formula is C26H35F2N3O2. The average molecular weight is 460 g/mol. The Balaban J connectivity index is 1.76. The van der Waals surface area contributed by atoms with Crippen molar-refractivity contribution in [2.24, 2.45) is 0 Å². The number of para-hydroxylation sites is 2. The number of likely N-dealkylation sites (tertiary alicyclic amines) is 1. The smallest absolute Gasteiger partial charge is 0.394 e. The average Bonchev–Trinajstić information content (AvgIpc) is 2.79. The second-order valence-electron chi connectivity index (χ2n) is 8.85. The normalized spacial score (nSPS) is 16.3. The topological polar surface area (TPSA) is 44.8 Å². The van der Waals surface area contributed by atoms with Crippen molar-refractivity contribution >= 4 is 11.7 Å². The van der Waals surface area contributed by atoms with Crippen LogP contribution in [-0.4, -0.2) is 47.1 Å². The van der Waals surface area contributed by atoms with Crippen molar-refractivity contribution in [3.63, 3.8) is 0 Å². The highest BCUT2D eigenvalue weighted by Gasteiger charge is 2.31. The number of anilines is 1. The van der Waals surface area contributed by atoms with Crippen LogP contribution >= 0.6 is 0 Å². The SMILES string of the molecule is CCCC(C)N1CCC(N(Cc2ccccc2)C(=O)Nc2ccccc2OC(C)(F)F)CC1. The molecule has 2 aromatic carbocycles. The van der Waals surface area contributed by atoms with Gasteiger partial charge in [0, 0.05) is 38.6 Å². The molecule has 0 spiro atoms. The van der Waals surface area contributed by atoms with Gasteiger partial charge in [-0.15, -0.1) is 0 Å². The maximum Gasteiger partial charge on any atom is 0.394 e. The maximum atomic E-state index is 13.5. The predicted octanol–water partition coefficient (Wildman–Crippen LogP) is 6.37. The zero-order valence-electron chi connectivity index (χ0n) is 19.8. The molecule has 1 fully saturated rings. The molecule has 1 unspecified atom stereocenters. The first-order valence-corrected chi connectivity index (χ1v) is 11.8. The number of benzene rings is 2. The standard InChI is InChI=1S/C26H35F2N3O2/c1-4-10-20(2)30-17-15-22(16-18-30)31(19-21-11-6-5-7-12-21)25(32)29-23-13-8-9-14-24(23)33-26(3,27)28/h5-9,11-14,20,22H,4,10,15-19H2,1-3H3,(H,29,32). The van der Waals surface area contributed by atoms with E-state index < -0.39 is 6.11 Å². The summed E-state index contributed by atoms with van der Waals surface area (Å²) in [5.74, 6) is -0.0544. The summed E-state index contributed by atoms with van der Waals surface area (Å²) >= 11 is 0. The van der Waals surface area contributed by atoms with E-state index in [-0.39, 0.29) is 23.5 Å². The second-order valence-corrected chi connectivity index (χ2v) is 8.85. The van der Waals surface area contributed by atoms with E-state index in [1.165, 1.54) is 6.07 Å². The van der Waals surface area contributed by atoms with E-state index in [0.29, 0.717) is 19.5 Å². The Morgan fingerprint density at radius 1 is 1.15 bits per heavy atom. The molecule has 1 aliphatic rings. The molecule has 1 atom stereocenters. The maximum absolute atomic E-state index is 13.5. The molecular weight excluding hydrogens is 424 g/mol. The fourth-order valence-corrected chi connectivity index (χ4v) is 4.42. The first-order valence-electron chi connectivity index (χ1n) is 11.8. The van der Waals surface area contributed by atoms with Crippen LogP contribution in [0.1, 0.15) is 52.0 Å². The third kappa shape index (κ3) is 7.42. The summed E-state index contributed by atoms with van der Waals surface area (Å²) in [6, 6.07) is 16.4. The van der Waals surface area contributed by atoms with Gasteiger partial charge in [0.05, 0.1) is 5.69 Å². The van der Waals surface area contributed by atoms with Crippen LogP contribution in [0.2, 0.25) is 0 Å². The lowest BCUT2D eigenvalue weighted by atomic mass is 10.00. The summed E-state index contributed by atoms with van der Waals surface area (Å²) in [4.78, 5) is 17.7. The van der Waals surface area contributed by atoms with Crippen LogP contribution in [0.5, 0.6) is 5.75 Å². The molecule has 0 bridgehead atoms. The van der Waals surface area contributed by atoms with Crippen molar-refractivity contribution in [2.75, 3.05) is 18.4 Å². The lowest BCUT2D eigenvalue weighted by molar-refractivity contribution is -0.158. The van der Waals surface area contributed by atoms with Crippen LogP contribution in [0.25, 0.3) is 0 Å². The molecule has 1 saturated heterocycles. The van der Waals surface area contributed by atoms with Crippen molar-refractivity contribution in [3.8, 4) is 5.75 Å². The van der Waals surface area contributed by atoms with Crippen molar-refractivity contribution in [2.45, 2.75) is 71.2 Å². The first kappa shape index (κ1) is 25.0. The van der Waals surface area contributed by atoms with E-state index in [2.05, 4.69) is 24.1 Å². The predicted molar refractivity (Wildman–Crippen MR) is 128 cm³/mol. The summed E-state index contributed by atoms with van der Waals surface area (Å²) in [5.41, 5.74) is 1.26. The molecule has 3 rings (SSSR count). The molecule has 33 heavy (non-hydrogen) atoms. The molecule has 1 N–H and O–H groups in total. The molecule has 2 amide bonds. The van der Waals surface area contributed by atoms with Gasteiger partial charge in [0.1, 0.15) is 5.75 Å². The number of nitrogens with zero attached hydrogens (tertiary/aromatic N) is 2. The molecule has 2 aromatic rings. The summed E-state index contributed by atoms with van der Waals surface area (Å²) in [6.45, 7) is 7.47. The number of alkyl halides is 2. The van der Waals surface area contributed by atoms with E-state index in [9.17, 15) is 13.6 Å². The van der Waals surface area contributed by atoms with E-state index >= 15 is 0 Å². The van der Waals surface area contributed by atoms with Crippen LogP contribution in [0.4, 0.5) is 19.3 Å². The molecule has 1 heterocycles. The number of ether oxygens (including phenoxy) is 1. The minimum atomic E-state index is -3.34. The second kappa shape index (κ2) is 11.5. The van der Waals surface area contributed by atoms with Gasteiger partial charge in [-0.2, -0.15) is 8.78 Å². The van der Waals surface area contributed by atoms with Gasteiger partial charge in [0.15, 0.2) is 0 Å². The molecule has 5 nitrogen and oxygen atoms in total. The lowest BCUT2D eigenvalue weighted by Crippen LogP contribution is -2.50. The molecule has 0 radical (unpaired) electrons. The molecule has 7 heteroatoms. The number of carbonyl (C=O) groups is 1. The number of amides is 2. The number of hydrogen-bond acceptors (Lipinski definition) is 3. The van der Waals surface area contributed by atoms with Gasteiger partial charge < -0.3 is 19.9 Å². The molecule has 0 aliphatic carbocycles. The lowest BCUT2D eigenvalue weighted by Gasteiger charge is -2.40. The van der Waals surface area contributed by atoms with Gasteiger partial charge >= 0.3 is 12.1 Å². The Hall–Kier alpha value is -2.67. The zero-order valence-corrected chi connectivity index (χ0v) is 19.8. The van der Waals surface area contributed by atoms with Crippen LogP contribution in [0.15, 0.2) is 54.6 Å². The highest BCUT2D eigenvalue weighted by molar-refractivity contribution is 5.91. The van der Waals surface area contributed by atoms with Gasteiger partial charge in [-0.05, 0) is 43.9 Å². The fraction of sp³-hybridized carbons (Fsp3) is 0.500. The van der Waals surface area contributed by atoms with E-state index in [1.807, 2.05) is 35.2 Å². The highest BCUT2D eigenvalue weighted by Crippen LogP contribution is 2.30. The van der Waals surface area contributed by atoms with E-state index in [0.717, 1.165) is 44.3 Å². The Morgan fingerprint density at radius 2 is 1.79 bits per heavy atom. The number of halogens is 2. The Kier molecular flexibility index (Phi) is 8.67. The molecule has 180 valence electrons. The van der Waals surface area contributed by atoms with Crippen LogP contribution < -0.4 is 10.1 Å². The summed E-state index contributed by atoms with van der Waals surface area (Å²) in [7, 11) is 0. The fourth-order valence-electron chi connectivity index (χ4n) is 4.42. The van der Waals surface area contributed by atoms with Crippen molar-refractivity contribution in [1.82, 2.24) is 9.80 Å². The van der Waals surface area contributed by atoms with E-state index in [1.54, 1.807) is 18.2 Å². The quantitative estimate of drug-likeness (QED) is 0.474. The van der Waals surface area contributed by atoms with Gasteiger partial charge in [-0.3, -0.25) is 0 Å². The third-order valence-electron chi connectivity index (χ3n) is 6.14. The number of hydrogen-bond donors (Lipinski definition) is 1. The number of carbonyl (C=O) groups excluding carboxylic acids is 1. The van der Waals surface area contributed by atoms with Crippen molar-refractivity contribution in [3.05, 3.63) is 60.2 Å². The number of rotatable bonds is 9. The van der Waals surface area contributed by atoms with Gasteiger partial charge in [-0.1, -0.05) is 55.8 Å². The third-order valence-corrected chi connectivity index (χ3v) is 6.14. The Labute approximate surface area is 195 Å². The molecule has 0 saturated carbocycles. The minimum Gasteiger partial charge on any atom is -0.431 e. The Bertz CT molecular complexity index is 881. The monoisotopic (exact) mass is 459 g/mol. The zero-order chi connectivity index (χ0) is 23.8. The number of piperidine rings is 1. The molecule has 0 aromatic heterocycles. The van der Waals surface area contributed by atoms with Gasteiger partial charge in [0.25, 0.3) is 0 Å². The summed E-state index contributed by atoms with van der Waals surface area (Å²) in [5, 5.41) is 2.82. The number of nitrogens with one attached hydrogen (secondary N) is 1. The minimum absolute atomic E-state index is 0.0544. The van der Waals surface area contributed by atoms with E-state index in [4.69, 9.17) is 4.74 Å². The Morgan fingerprint density at radius 3 is 2.42 bits per heavy atom. The van der Waals surface area contributed by atoms with Crippen LogP contribution in [-0.2, 0) is 6.54 Å². The van der Waals surface area contributed by atoms with Gasteiger partial charge in [0.2, 0.25) is 0 Å². The van der Waals surface area contributed by atoms with Crippen LogP contribution in [0.3, 0.4) is 0 Å². The first-order chi connectivity index (χ1) is 15.8. The molecule has 1 aliphatic heterocycles. The van der Waals surface area contributed by atoms with Crippen molar-refractivity contribution in [1.29, 1.82) is 0 Å². The largest absolute Gasteiger partial charge is 0.431 e. The van der Waals surface area contributed by atoms with Gasteiger partial charge in [-0.25, -0.2) is 4.79 Å². The van der Waals surface area contributed by atoms with Crippen molar-refractivity contribution < 1.29 is 18.3 Å². The van der Waals surface area contributed by atoms with Crippen LogP contribution in [0, 0.1) is 0 Å². The number of urea groups is 1. The summed E-state index contributed by atoms with van der Waals surface area (Å²) < 4.78 is 31.7. The highest BCUT2D eigenvalue weighted by atomic mass is 19.3.